The van der Waals surface area contributed by atoms with Gasteiger partial charge in [0.25, 0.3) is 0 Å². The number of rotatable bonds is 2. The first-order chi connectivity index (χ1) is 8.72. The molecule has 3 rings (SSSR count). The maximum Gasteiger partial charge on any atom is 0.138 e. The molecule has 2 N–H and O–H groups in total. The molecule has 90 valence electrons. The molecule has 0 saturated carbocycles. The lowest BCUT2D eigenvalue weighted by Crippen LogP contribution is -2.01. The van der Waals surface area contributed by atoms with Gasteiger partial charge in [0.2, 0.25) is 0 Å². The van der Waals surface area contributed by atoms with Crippen LogP contribution in [0.4, 0.5) is 5.82 Å². The van der Waals surface area contributed by atoms with Crippen LogP contribution in [-0.4, -0.2) is 15.0 Å². The molecule has 3 aromatic heterocycles. The molecule has 0 unspecified atom stereocenters. The number of hydrogen-bond acceptors (Lipinski definition) is 5. The van der Waals surface area contributed by atoms with Crippen LogP contribution in [0, 0.1) is 6.92 Å². The van der Waals surface area contributed by atoms with E-state index in [9.17, 15) is 0 Å². The summed E-state index contributed by atoms with van der Waals surface area (Å²) in [5.74, 6) is 1.27. The number of aromatic nitrogens is 3. The fraction of sp³-hybridized carbons (Fsp3) is 0.154. The summed E-state index contributed by atoms with van der Waals surface area (Å²) in [6.45, 7) is 2.05. The highest BCUT2D eigenvalue weighted by atomic mass is 32.1. The summed E-state index contributed by atoms with van der Waals surface area (Å²) in [6.07, 6.45) is 2.38. The lowest BCUT2D eigenvalue weighted by atomic mass is 10.2. The number of pyridine rings is 1. The van der Waals surface area contributed by atoms with Crippen LogP contribution >= 0.6 is 11.3 Å². The minimum Gasteiger partial charge on any atom is -0.383 e. The number of nitrogen functional groups attached to an aromatic ring is 1. The summed E-state index contributed by atoms with van der Waals surface area (Å²) in [5, 5.41) is 0.947. The van der Waals surface area contributed by atoms with Crippen LogP contribution in [0.2, 0.25) is 0 Å². The first-order valence-corrected chi connectivity index (χ1v) is 6.46. The van der Waals surface area contributed by atoms with Gasteiger partial charge >= 0.3 is 0 Å². The van der Waals surface area contributed by atoms with Crippen molar-refractivity contribution in [1.29, 1.82) is 0 Å². The van der Waals surface area contributed by atoms with Crippen molar-refractivity contribution in [3.05, 3.63) is 46.9 Å². The van der Waals surface area contributed by atoms with E-state index in [1.807, 2.05) is 31.2 Å². The van der Waals surface area contributed by atoms with Gasteiger partial charge in [-0.1, -0.05) is 6.07 Å². The molecule has 3 heterocycles. The van der Waals surface area contributed by atoms with Gasteiger partial charge in [-0.25, -0.2) is 9.97 Å². The Kier molecular flexibility index (Phi) is 2.68. The minimum absolute atomic E-state index is 0.551. The van der Waals surface area contributed by atoms with Crippen LogP contribution in [0.1, 0.15) is 16.4 Å². The number of anilines is 1. The molecule has 0 spiro atoms. The fourth-order valence-corrected chi connectivity index (χ4v) is 2.76. The van der Waals surface area contributed by atoms with E-state index in [0.717, 1.165) is 21.7 Å². The Morgan fingerprint density at radius 2 is 2.17 bits per heavy atom. The summed E-state index contributed by atoms with van der Waals surface area (Å²) in [5.41, 5.74) is 6.91. The van der Waals surface area contributed by atoms with E-state index in [2.05, 4.69) is 15.0 Å². The minimum atomic E-state index is 0.551. The summed E-state index contributed by atoms with van der Waals surface area (Å²) in [7, 11) is 0. The van der Waals surface area contributed by atoms with Crippen LogP contribution in [0.25, 0.3) is 10.2 Å². The van der Waals surface area contributed by atoms with Crippen molar-refractivity contribution in [1.82, 2.24) is 15.0 Å². The molecular weight excluding hydrogens is 244 g/mol. The molecule has 4 nitrogen and oxygen atoms in total. The molecule has 0 radical (unpaired) electrons. The molecule has 18 heavy (non-hydrogen) atoms. The number of aryl methyl sites for hydroxylation is 1. The first kappa shape index (κ1) is 11.1. The zero-order valence-electron chi connectivity index (χ0n) is 9.92. The average molecular weight is 256 g/mol. The Balaban J connectivity index is 2.02. The second-order valence-electron chi connectivity index (χ2n) is 4.10. The maximum absolute atomic E-state index is 5.96. The third-order valence-corrected chi connectivity index (χ3v) is 3.60. The molecule has 0 aliphatic heterocycles. The Morgan fingerprint density at radius 1 is 1.28 bits per heavy atom. The van der Waals surface area contributed by atoms with Crippen molar-refractivity contribution in [2.24, 2.45) is 0 Å². The largest absolute Gasteiger partial charge is 0.383 e. The van der Waals surface area contributed by atoms with Crippen molar-refractivity contribution >= 4 is 27.4 Å². The molecule has 0 saturated heterocycles. The second-order valence-corrected chi connectivity index (χ2v) is 5.33. The molecule has 0 aliphatic rings. The van der Waals surface area contributed by atoms with Gasteiger partial charge in [0.15, 0.2) is 0 Å². The van der Waals surface area contributed by atoms with Crippen LogP contribution in [0.15, 0.2) is 30.5 Å². The SMILES string of the molecule is Cc1cc2c(N)nc(Cc3ccccn3)nc2s1. The van der Waals surface area contributed by atoms with E-state index in [1.165, 1.54) is 4.88 Å². The topological polar surface area (TPSA) is 64.7 Å². The molecule has 0 bridgehead atoms. The van der Waals surface area contributed by atoms with Gasteiger partial charge in [-0.2, -0.15) is 0 Å². The van der Waals surface area contributed by atoms with Crippen LogP contribution in [0.5, 0.6) is 0 Å². The average Bonchev–Trinajstić information content (AvgIpc) is 2.72. The van der Waals surface area contributed by atoms with E-state index in [-0.39, 0.29) is 0 Å². The van der Waals surface area contributed by atoms with Crippen molar-refractivity contribution in [3.63, 3.8) is 0 Å². The molecular formula is C13H12N4S. The predicted octanol–water partition coefficient (Wildman–Crippen LogP) is 2.57. The second kappa shape index (κ2) is 4.34. The third-order valence-electron chi connectivity index (χ3n) is 2.66. The van der Waals surface area contributed by atoms with E-state index < -0.39 is 0 Å². The van der Waals surface area contributed by atoms with Gasteiger partial charge in [0.05, 0.1) is 11.8 Å². The number of nitrogens with zero attached hydrogens (tertiary/aromatic N) is 3. The van der Waals surface area contributed by atoms with E-state index in [1.54, 1.807) is 17.5 Å². The highest BCUT2D eigenvalue weighted by Gasteiger charge is 2.08. The third kappa shape index (κ3) is 2.04. The molecule has 5 heteroatoms. The quantitative estimate of drug-likeness (QED) is 0.765. The number of nitrogens with two attached hydrogens (primary N) is 1. The predicted molar refractivity (Wildman–Crippen MR) is 73.6 cm³/mol. The molecule has 0 aromatic carbocycles. The van der Waals surface area contributed by atoms with Gasteiger partial charge in [0, 0.05) is 16.8 Å². The number of thiophene rings is 1. The molecule has 3 aromatic rings. The smallest absolute Gasteiger partial charge is 0.138 e. The lowest BCUT2D eigenvalue weighted by molar-refractivity contribution is 0.960. The van der Waals surface area contributed by atoms with Crippen molar-refractivity contribution in [3.8, 4) is 0 Å². The van der Waals surface area contributed by atoms with Crippen molar-refractivity contribution < 1.29 is 0 Å². The van der Waals surface area contributed by atoms with Gasteiger partial charge in [-0.05, 0) is 25.1 Å². The summed E-state index contributed by atoms with van der Waals surface area (Å²) in [6, 6.07) is 7.84. The first-order valence-electron chi connectivity index (χ1n) is 5.65. The van der Waals surface area contributed by atoms with Crippen LogP contribution in [0.3, 0.4) is 0 Å². The Labute approximate surface area is 109 Å². The van der Waals surface area contributed by atoms with Crippen molar-refractivity contribution in [2.45, 2.75) is 13.3 Å². The Morgan fingerprint density at radius 3 is 2.94 bits per heavy atom. The summed E-state index contributed by atoms with van der Waals surface area (Å²) < 4.78 is 0. The van der Waals surface area contributed by atoms with E-state index >= 15 is 0 Å². The van der Waals surface area contributed by atoms with Gasteiger partial charge in [-0.15, -0.1) is 11.3 Å². The standard InChI is InChI=1S/C13H12N4S/c1-8-6-10-12(14)16-11(17-13(10)18-8)7-9-4-2-3-5-15-9/h2-6H,7H2,1H3,(H2,14,16,17). The molecule has 0 aliphatic carbocycles. The molecule has 0 amide bonds. The molecule has 0 atom stereocenters. The van der Waals surface area contributed by atoms with Crippen LogP contribution in [-0.2, 0) is 6.42 Å². The number of fused-ring (bicyclic) bond motifs is 1. The monoisotopic (exact) mass is 256 g/mol. The van der Waals surface area contributed by atoms with E-state index in [0.29, 0.717) is 12.2 Å². The van der Waals surface area contributed by atoms with Crippen LogP contribution < -0.4 is 5.73 Å². The van der Waals surface area contributed by atoms with Crippen molar-refractivity contribution in [2.75, 3.05) is 5.73 Å². The normalized spacial score (nSPS) is 10.9. The summed E-state index contributed by atoms with van der Waals surface area (Å²) in [4.78, 5) is 15.3. The fourth-order valence-electron chi connectivity index (χ4n) is 1.85. The zero-order valence-corrected chi connectivity index (χ0v) is 10.7. The Bertz CT molecular complexity index is 691. The maximum atomic E-state index is 5.96. The number of hydrogen-bond donors (Lipinski definition) is 1. The molecule has 0 fully saturated rings. The highest BCUT2D eigenvalue weighted by molar-refractivity contribution is 7.18. The highest BCUT2D eigenvalue weighted by Crippen LogP contribution is 2.27. The van der Waals surface area contributed by atoms with E-state index in [4.69, 9.17) is 5.73 Å². The van der Waals surface area contributed by atoms with Gasteiger partial charge in [0.1, 0.15) is 16.5 Å². The Hall–Kier alpha value is -2.01. The zero-order chi connectivity index (χ0) is 12.5. The lowest BCUT2D eigenvalue weighted by Gasteiger charge is -2.01. The summed E-state index contributed by atoms with van der Waals surface area (Å²) >= 11 is 1.64. The van der Waals surface area contributed by atoms with Gasteiger partial charge < -0.3 is 5.73 Å². The van der Waals surface area contributed by atoms with Gasteiger partial charge in [-0.3, -0.25) is 4.98 Å².